The molecule has 0 radical (unpaired) electrons. The van der Waals surface area contributed by atoms with Crippen LogP contribution in [0.3, 0.4) is 0 Å². The van der Waals surface area contributed by atoms with Gasteiger partial charge in [-0.15, -0.1) is 0 Å². The molecule has 0 spiro atoms. The van der Waals surface area contributed by atoms with E-state index in [0.29, 0.717) is 5.41 Å². The number of fused-ring (bicyclic) bond motifs is 1. The number of piperidine rings is 1. The Morgan fingerprint density at radius 2 is 2.00 bits per heavy atom. The van der Waals surface area contributed by atoms with Crippen molar-refractivity contribution in [3.63, 3.8) is 0 Å². The fraction of sp³-hybridized carbons (Fsp3) is 1.00. The van der Waals surface area contributed by atoms with Crippen LogP contribution in [0.25, 0.3) is 0 Å². The van der Waals surface area contributed by atoms with E-state index in [2.05, 4.69) is 31.0 Å². The van der Waals surface area contributed by atoms with E-state index in [9.17, 15) is 0 Å². The highest BCUT2D eigenvalue weighted by Gasteiger charge is 2.31. The Labute approximate surface area is 101 Å². The van der Waals surface area contributed by atoms with Crippen molar-refractivity contribution in [1.82, 2.24) is 10.2 Å². The van der Waals surface area contributed by atoms with Crippen LogP contribution in [-0.2, 0) is 0 Å². The zero-order valence-corrected chi connectivity index (χ0v) is 11.3. The third-order valence-electron chi connectivity index (χ3n) is 4.13. The Hall–Kier alpha value is -0.0800. The van der Waals surface area contributed by atoms with Crippen LogP contribution in [0.4, 0.5) is 0 Å². The zero-order chi connectivity index (χ0) is 11.6. The lowest BCUT2D eigenvalue weighted by molar-refractivity contribution is 0.165. The molecular weight excluding hydrogens is 196 g/mol. The molecule has 2 aliphatic heterocycles. The molecule has 2 unspecified atom stereocenters. The standard InChI is InChI=1S/C14H28N2/c1-14(2,3)7-8-15-12-6-10-16-9-4-5-13(16)11-12/h12-13,15H,4-11H2,1-3H3. The van der Waals surface area contributed by atoms with Crippen molar-refractivity contribution < 1.29 is 0 Å². The minimum atomic E-state index is 0.473. The summed E-state index contributed by atoms with van der Waals surface area (Å²) < 4.78 is 0. The van der Waals surface area contributed by atoms with E-state index in [1.54, 1.807) is 0 Å². The molecule has 0 aliphatic carbocycles. The van der Waals surface area contributed by atoms with E-state index in [1.807, 2.05) is 0 Å². The Morgan fingerprint density at radius 1 is 1.19 bits per heavy atom. The van der Waals surface area contributed by atoms with E-state index >= 15 is 0 Å². The van der Waals surface area contributed by atoms with Crippen LogP contribution in [0, 0.1) is 5.41 Å². The predicted molar refractivity (Wildman–Crippen MR) is 69.7 cm³/mol. The first-order valence-electron chi connectivity index (χ1n) is 7.02. The molecule has 2 rings (SSSR count). The Morgan fingerprint density at radius 3 is 2.75 bits per heavy atom. The van der Waals surface area contributed by atoms with Crippen molar-refractivity contribution in [2.24, 2.45) is 5.41 Å². The van der Waals surface area contributed by atoms with Crippen molar-refractivity contribution in [3.8, 4) is 0 Å². The molecule has 2 aliphatic rings. The maximum atomic E-state index is 3.76. The second-order valence-electron chi connectivity index (χ2n) is 6.82. The largest absolute Gasteiger partial charge is 0.314 e. The van der Waals surface area contributed by atoms with Gasteiger partial charge in [0.1, 0.15) is 0 Å². The normalized spacial score (nSPS) is 31.7. The van der Waals surface area contributed by atoms with Gasteiger partial charge in [-0.1, -0.05) is 20.8 Å². The minimum absolute atomic E-state index is 0.473. The molecule has 2 fully saturated rings. The molecule has 1 N–H and O–H groups in total. The summed E-state index contributed by atoms with van der Waals surface area (Å²) in [4.78, 5) is 2.70. The summed E-state index contributed by atoms with van der Waals surface area (Å²) >= 11 is 0. The summed E-state index contributed by atoms with van der Waals surface area (Å²) in [6.07, 6.45) is 6.92. The topological polar surface area (TPSA) is 15.3 Å². The molecule has 0 amide bonds. The summed E-state index contributed by atoms with van der Waals surface area (Å²) in [5, 5.41) is 3.76. The molecule has 16 heavy (non-hydrogen) atoms. The third kappa shape index (κ3) is 3.46. The van der Waals surface area contributed by atoms with Gasteiger partial charge in [0.25, 0.3) is 0 Å². The fourth-order valence-corrected chi connectivity index (χ4v) is 3.06. The average molecular weight is 224 g/mol. The predicted octanol–water partition coefficient (Wildman–Crippen LogP) is 2.64. The Balaban J connectivity index is 1.67. The number of hydrogen-bond acceptors (Lipinski definition) is 2. The summed E-state index contributed by atoms with van der Waals surface area (Å²) in [7, 11) is 0. The smallest absolute Gasteiger partial charge is 0.0111 e. The van der Waals surface area contributed by atoms with Crippen LogP contribution >= 0.6 is 0 Å². The van der Waals surface area contributed by atoms with Crippen molar-refractivity contribution in [2.45, 2.75) is 65.0 Å². The fourth-order valence-electron chi connectivity index (χ4n) is 3.06. The second kappa shape index (κ2) is 5.05. The summed E-state index contributed by atoms with van der Waals surface area (Å²) in [6, 6.07) is 1.70. The van der Waals surface area contributed by atoms with Crippen molar-refractivity contribution in [2.75, 3.05) is 19.6 Å². The monoisotopic (exact) mass is 224 g/mol. The number of rotatable bonds is 3. The number of nitrogens with zero attached hydrogens (tertiary/aromatic N) is 1. The van der Waals surface area contributed by atoms with Gasteiger partial charge in [0, 0.05) is 12.1 Å². The van der Waals surface area contributed by atoms with E-state index < -0.39 is 0 Å². The molecule has 0 aromatic rings. The maximum absolute atomic E-state index is 3.76. The minimum Gasteiger partial charge on any atom is -0.314 e. The van der Waals surface area contributed by atoms with Crippen LogP contribution < -0.4 is 5.32 Å². The first-order chi connectivity index (χ1) is 7.54. The number of nitrogens with one attached hydrogen (secondary N) is 1. The van der Waals surface area contributed by atoms with Crippen LogP contribution in [0.1, 0.15) is 52.9 Å². The van der Waals surface area contributed by atoms with Crippen molar-refractivity contribution in [1.29, 1.82) is 0 Å². The van der Waals surface area contributed by atoms with Crippen molar-refractivity contribution >= 4 is 0 Å². The van der Waals surface area contributed by atoms with Crippen LogP contribution in [-0.4, -0.2) is 36.6 Å². The lowest BCUT2D eigenvalue weighted by Gasteiger charge is -2.35. The van der Waals surface area contributed by atoms with Gasteiger partial charge in [-0.3, -0.25) is 0 Å². The summed E-state index contributed by atoms with van der Waals surface area (Å²) in [6.45, 7) is 10.9. The van der Waals surface area contributed by atoms with Gasteiger partial charge in [0.2, 0.25) is 0 Å². The summed E-state index contributed by atoms with van der Waals surface area (Å²) in [5.41, 5.74) is 0.473. The molecule has 0 bridgehead atoms. The van der Waals surface area contributed by atoms with Crippen LogP contribution in [0.2, 0.25) is 0 Å². The van der Waals surface area contributed by atoms with Gasteiger partial charge in [0.05, 0.1) is 0 Å². The van der Waals surface area contributed by atoms with E-state index in [4.69, 9.17) is 0 Å². The first-order valence-corrected chi connectivity index (χ1v) is 7.02. The molecule has 2 heterocycles. The van der Waals surface area contributed by atoms with Gasteiger partial charge in [-0.25, -0.2) is 0 Å². The van der Waals surface area contributed by atoms with Crippen LogP contribution in [0.15, 0.2) is 0 Å². The Bertz CT molecular complexity index is 219. The highest BCUT2D eigenvalue weighted by molar-refractivity contribution is 4.89. The second-order valence-corrected chi connectivity index (χ2v) is 6.82. The third-order valence-corrected chi connectivity index (χ3v) is 4.13. The van der Waals surface area contributed by atoms with Gasteiger partial charge < -0.3 is 10.2 Å². The molecule has 2 atom stereocenters. The molecule has 94 valence electrons. The van der Waals surface area contributed by atoms with E-state index in [0.717, 1.165) is 12.1 Å². The Kier molecular flexibility index (Phi) is 3.91. The molecule has 2 heteroatoms. The van der Waals surface area contributed by atoms with Gasteiger partial charge >= 0.3 is 0 Å². The SMILES string of the molecule is CC(C)(C)CCNC1CCN2CCCC2C1. The van der Waals surface area contributed by atoms with Gasteiger partial charge in [0.15, 0.2) is 0 Å². The lowest BCUT2D eigenvalue weighted by atomic mass is 9.91. The zero-order valence-electron chi connectivity index (χ0n) is 11.3. The van der Waals surface area contributed by atoms with E-state index in [1.165, 1.54) is 51.7 Å². The first kappa shape index (κ1) is 12.4. The highest BCUT2D eigenvalue weighted by atomic mass is 15.2. The maximum Gasteiger partial charge on any atom is 0.0111 e. The summed E-state index contributed by atoms with van der Waals surface area (Å²) in [5.74, 6) is 0. The van der Waals surface area contributed by atoms with Gasteiger partial charge in [-0.05, 0) is 57.2 Å². The molecule has 2 nitrogen and oxygen atoms in total. The number of hydrogen-bond donors (Lipinski definition) is 1. The molecule has 0 saturated carbocycles. The van der Waals surface area contributed by atoms with Crippen LogP contribution in [0.5, 0.6) is 0 Å². The van der Waals surface area contributed by atoms with E-state index in [-0.39, 0.29) is 0 Å². The molecular formula is C14H28N2. The quantitative estimate of drug-likeness (QED) is 0.793. The lowest BCUT2D eigenvalue weighted by Crippen LogP contribution is -2.46. The molecule has 0 aromatic carbocycles. The average Bonchev–Trinajstić information content (AvgIpc) is 2.62. The molecule has 0 aromatic heterocycles. The van der Waals surface area contributed by atoms with Gasteiger partial charge in [-0.2, -0.15) is 0 Å². The van der Waals surface area contributed by atoms with Crippen molar-refractivity contribution in [3.05, 3.63) is 0 Å². The molecule has 2 saturated heterocycles. The highest BCUT2D eigenvalue weighted by Crippen LogP contribution is 2.27.